The quantitative estimate of drug-likeness (QED) is 0.797. The number of carbonyl (C=O) groups is 1. The van der Waals surface area contributed by atoms with Crippen molar-refractivity contribution in [2.24, 2.45) is 7.05 Å². The number of hydrogen-bond donors (Lipinski definition) is 0. The van der Waals surface area contributed by atoms with Gasteiger partial charge >= 0.3 is 0 Å². The van der Waals surface area contributed by atoms with Gasteiger partial charge in [0.15, 0.2) is 0 Å². The first kappa shape index (κ1) is 18.6. The van der Waals surface area contributed by atoms with Crippen LogP contribution < -0.4 is 0 Å². The van der Waals surface area contributed by atoms with E-state index in [0.717, 1.165) is 18.4 Å². The van der Waals surface area contributed by atoms with E-state index in [9.17, 15) is 9.18 Å². The van der Waals surface area contributed by atoms with Gasteiger partial charge < -0.3 is 9.64 Å². The third-order valence-electron chi connectivity index (χ3n) is 5.11. The van der Waals surface area contributed by atoms with Crippen LogP contribution >= 0.6 is 0 Å². The fraction of sp³-hybridized carbons (Fsp3) is 0.500. The van der Waals surface area contributed by atoms with Crippen LogP contribution in [0.3, 0.4) is 0 Å². The average Bonchev–Trinajstić information content (AvgIpc) is 3.07. The lowest BCUT2D eigenvalue weighted by molar-refractivity contribution is -0.139. The van der Waals surface area contributed by atoms with Crippen molar-refractivity contribution in [2.75, 3.05) is 13.7 Å². The fourth-order valence-corrected chi connectivity index (χ4v) is 3.73. The maximum absolute atomic E-state index is 14.1. The van der Waals surface area contributed by atoms with Gasteiger partial charge in [0, 0.05) is 33.3 Å². The molecule has 26 heavy (non-hydrogen) atoms. The highest BCUT2D eigenvalue weighted by Crippen LogP contribution is 2.25. The number of rotatable bonds is 6. The highest BCUT2D eigenvalue weighted by atomic mass is 19.1. The number of methoxy groups -OCH3 is 1. The molecule has 2 atom stereocenters. The highest BCUT2D eigenvalue weighted by Gasteiger charge is 2.34. The molecule has 0 spiro atoms. The molecule has 5 nitrogen and oxygen atoms in total. The summed E-state index contributed by atoms with van der Waals surface area (Å²) in [6.07, 6.45) is 7.02. The minimum Gasteiger partial charge on any atom is -0.379 e. The third kappa shape index (κ3) is 4.30. The molecule has 1 aromatic heterocycles. The molecule has 2 aromatic rings. The number of amides is 1. The number of aromatic nitrogens is 2. The van der Waals surface area contributed by atoms with E-state index in [4.69, 9.17) is 4.74 Å². The molecule has 140 valence electrons. The van der Waals surface area contributed by atoms with Crippen molar-refractivity contribution in [3.05, 3.63) is 53.6 Å². The number of piperidine rings is 1. The van der Waals surface area contributed by atoms with E-state index < -0.39 is 0 Å². The summed E-state index contributed by atoms with van der Waals surface area (Å²) in [5.41, 5.74) is 1.68. The zero-order valence-corrected chi connectivity index (χ0v) is 15.4. The molecule has 3 rings (SSSR count). The monoisotopic (exact) mass is 359 g/mol. The summed E-state index contributed by atoms with van der Waals surface area (Å²) in [6, 6.07) is 6.64. The van der Waals surface area contributed by atoms with Gasteiger partial charge in [0.25, 0.3) is 0 Å². The zero-order chi connectivity index (χ0) is 18.5. The lowest BCUT2D eigenvalue weighted by Crippen LogP contribution is -2.52. The molecule has 6 heteroatoms. The molecule has 0 saturated carbocycles. The Bertz CT molecular complexity index is 746. The number of benzene rings is 1. The van der Waals surface area contributed by atoms with Crippen molar-refractivity contribution in [2.45, 2.75) is 44.2 Å². The Hall–Kier alpha value is -2.21. The van der Waals surface area contributed by atoms with E-state index in [1.807, 2.05) is 24.2 Å². The normalized spacial score (nSPS) is 20.3. The summed E-state index contributed by atoms with van der Waals surface area (Å²) in [6.45, 7) is 0.699. The van der Waals surface area contributed by atoms with Crippen LogP contribution in [-0.2, 0) is 29.4 Å². The van der Waals surface area contributed by atoms with Crippen LogP contribution in [0, 0.1) is 5.82 Å². The van der Waals surface area contributed by atoms with E-state index >= 15 is 0 Å². The first-order valence-corrected chi connectivity index (χ1v) is 9.11. The second-order valence-electron chi connectivity index (χ2n) is 6.89. The second-order valence-corrected chi connectivity index (χ2v) is 6.89. The van der Waals surface area contributed by atoms with Gasteiger partial charge in [-0.2, -0.15) is 5.10 Å². The Kier molecular flexibility index (Phi) is 6.04. The SMILES string of the molecule is CO[C@H]1CCCN(C(=O)CCc2cnn(C)c2)[C@H]1Cc1ccccc1F. The second kappa shape index (κ2) is 8.45. The molecule has 0 bridgehead atoms. The lowest BCUT2D eigenvalue weighted by atomic mass is 9.92. The van der Waals surface area contributed by atoms with Crippen molar-refractivity contribution >= 4 is 5.91 Å². The van der Waals surface area contributed by atoms with E-state index in [1.54, 1.807) is 30.1 Å². The van der Waals surface area contributed by atoms with Crippen LogP contribution in [-0.4, -0.2) is 46.4 Å². The predicted molar refractivity (Wildman–Crippen MR) is 97.2 cm³/mol. The van der Waals surface area contributed by atoms with E-state index in [-0.39, 0.29) is 23.9 Å². The molecular weight excluding hydrogens is 333 g/mol. The Morgan fingerprint density at radius 2 is 2.19 bits per heavy atom. The molecule has 1 aromatic carbocycles. The maximum atomic E-state index is 14.1. The molecule has 1 saturated heterocycles. The lowest BCUT2D eigenvalue weighted by Gasteiger charge is -2.41. The molecule has 1 aliphatic rings. The number of hydrogen-bond acceptors (Lipinski definition) is 3. The van der Waals surface area contributed by atoms with Crippen LogP contribution in [0.25, 0.3) is 0 Å². The summed E-state index contributed by atoms with van der Waals surface area (Å²) in [5, 5.41) is 4.14. The number of nitrogens with zero attached hydrogens (tertiary/aromatic N) is 3. The summed E-state index contributed by atoms with van der Waals surface area (Å²) in [4.78, 5) is 14.8. The van der Waals surface area contributed by atoms with E-state index in [1.165, 1.54) is 6.07 Å². The number of carbonyl (C=O) groups excluding carboxylic acids is 1. The van der Waals surface area contributed by atoms with Crippen LogP contribution in [0.1, 0.15) is 30.4 Å². The largest absolute Gasteiger partial charge is 0.379 e. The van der Waals surface area contributed by atoms with Gasteiger partial charge in [-0.1, -0.05) is 18.2 Å². The smallest absolute Gasteiger partial charge is 0.223 e. The fourth-order valence-electron chi connectivity index (χ4n) is 3.73. The van der Waals surface area contributed by atoms with Crippen LogP contribution in [0.2, 0.25) is 0 Å². The van der Waals surface area contributed by atoms with E-state index in [0.29, 0.717) is 31.4 Å². The Morgan fingerprint density at radius 3 is 2.88 bits per heavy atom. The number of aryl methyl sites for hydroxylation is 2. The van der Waals surface area contributed by atoms with Gasteiger partial charge in [0.05, 0.1) is 18.3 Å². The topological polar surface area (TPSA) is 47.4 Å². The molecule has 2 heterocycles. The minimum atomic E-state index is -0.226. The Balaban J connectivity index is 1.71. The Labute approximate surface area is 153 Å². The summed E-state index contributed by atoms with van der Waals surface area (Å²) < 4.78 is 21.5. The van der Waals surface area contributed by atoms with E-state index in [2.05, 4.69) is 5.10 Å². The first-order valence-electron chi connectivity index (χ1n) is 9.11. The van der Waals surface area contributed by atoms with Crippen LogP contribution in [0.4, 0.5) is 4.39 Å². The molecule has 1 aliphatic heterocycles. The van der Waals surface area contributed by atoms with Crippen LogP contribution in [0.15, 0.2) is 36.7 Å². The number of halogens is 1. The van der Waals surface area contributed by atoms with Crippen molar-refractivity contribution in [3.8, 4) is 0 Å². The molecule has 0 aliphatic carbocycles. The van der Waals surface area contributed by atoms with Gasteiger partial charge in [0.2, 0.25) is 5.91 Å². The first-order chi connectivity index (χ1) is 12.6. The van der Waals surface area contributed by atoms with Crippen molar-refractivity contribution in [1.82, 2.24) is 14.7 Å². The van der Waals surface area contributed by atoms with Gasteiger partial charge in [-0.25, -0.2) is 4.39 Å². The van der Waals surface area contributed by atoms with Crippen molar-refractivity contribution in [3.63, 3.8) is 0 Å². The number of likely N-dealkylation sites (tertiary alicyclic amines) is 1. The average molecular weight is 359 g/mol. The molecule has 0 unspecified atom stereocenters. The molecule has 0 N–H and O–H groups in total. The summed E-state index contributed by atoms with van der Waals surface area (Å²) in [5.74, 6) is -0.132. The number of ether oxygens (including phenoxy) is 1. The summed E-state index contributed by atoms with van der Waals surface area (Å²) in [7, 11) is 3.53. The molecule has 1 amide bonds. The maximum Gasteiger partial charge on any atom is 0.223 e. The van der Waals surface area contributed by atoms with Crippen molar-refractivity contribution < 1.29 is 13.9 Å². The molecule has 1 fully saturated rings. The minimum absolute atomic E-state index is 0.0642. The Morgan fingerprint density at radius 1 is 1.38 bits per heavy atom. The zero-order valence-electron chi connectivity index (χ0n) is 15.4. The van der Waals surface area contributed by atoms with Crippen molar-refractivity contribution in [1.29, 1.82) is 0 Å². The van der Waals surface area contributed by atoms with Crippen LogP contribution in [0.5, 0.6) is 0 Å². The highest BCUT2D eigenvalue weighted by molar-refractivity contribution is 5.77. The molecular formula is C20H26FN3O2. The molecule has 0 radical (unpaired) electrons. The van der Waals surface area contributed by atoms with Gasteiger partial charge in [0.1, 0.15) is 5.82 Å². The van der Waals surface area contributed by atoms with Gasteiger partial charge in [-0.15, -0.1) is 0 Å². The summed E-state index contributed by atoms with van der Waals surface area (Å²) >= 11 is 0. The predicted octanol–water partition coefficient (Wildman–Crippen LogP) is 2.74. The van der Waals surface area contributed by atoms with Gasteiger partial charge in [-0.05, 0) is 42.9 Å². The third-order valence-corrected chi connectivity index (χ3v) is 5.11. The standard InChI is InChI=1S/C20H26FN3O2/c1-23-14-15(13-22-23)9-10-20(25)24-11-5-8-19(26-2)18(24)12-16-6-3-4-7-17(16)21/h3-4,6-7,13-14,18-19H,5,8-12H2,1-2H3/t18-,19-/m0/s1. The van der Waals surface area contributed by atoms with Gasteiger partial charge in [-0.3, -0.25) is 9.48 Å².